The second-order valence-electron chi connectivity index (χ2n) is 5.45. The lowest BCUT2D eigenvalue weighted by Gasteiger charge is -2.14. The highest BCUT2D eigenvalue weighted by molar-refractivity contribution is 5.67. The average Bonchev–Trinajstić information content (AvgIpc) is 2.48. The Morgan fingerprint density at radius 2 is 2.00 bits per heavy atom. The van der Waals surface area contributed by atoms with Gasteiger partial charge in [0, 0.05) is 18.5 Å². The standard InChI is InChI=1S/C16H21FN4O/c1-10(2)8-13-20-15(14(18)16(21-13)22-3)19-9-11-6-4-5-7-12(11)17/h4-7,10H,8-9,18H2,1-3H3,(H,19,20,21). The summed E-state index contributed by atoms with van der Waals surface area (Å²) in [5.41, 5.74) is 6.86. The zero-order valence-electron chi connectivity index (χ0n) is 13.1. The van der Waals surface area contributed by atoms with Crippen LogP contribution in [0, 0.1) is 11.7 Å². The Bertz CT molecular complexity index is 646. The summed E-state index contributed by atoms with van der Waals surface area (Å²) in [6.45, 7) is 4.45. The number of nitrogens with zero attached hydrogens (tertiary/aromatic N) is 2. The third-order valence-corrected chi connectivity index (χ3v) is 3.15. The van der Waals surface area contributed by atoms with Gasteiger partial charge in [0.1, 0.15) is 17.3 Å². The number of hydrogen-bond acceptors (Lipinski definition) is 5. The molecule has 0 bridgehead atoms. The van der Waals surface area contributed by atoms with Crippen molar-refractivity contribution in [3.05, 3.63) is 41.5 Å². The average molecular weight is 304 g/mol. The van der Waals surface area contributed by atoms with Crippen molar-refractivity contribution in [3.63, 3.8) is 0 Å². The Morgan fingerprint density at radius 3 is 2.64 bits per heavy atom. The van der Waals surface area contributed by atoms with Gasteiger partial charge in [-0.1, -0.05) is 32.0 Å². The molecular weight excluding hydrogens is 283 g/mol. The second-order valence-corrected chi connectivity index (χ2v) is 5.45. The molecule has 1 aromatic carbocycles. The second kappa shape index (κ2) is 7.06. The molecule has 0 atom stereocenters. The minimum Gasteiger partial charge on any atom is -0.479 e. The van der Waals surface area contributed by atoms with Crippen LogP contribution in [0.15, 0.2) is 24.3 Å². The Hall–Kier alpha value is -2.37. The first kappa shape index (κ1) is 16.0. The van der Waals surface area contributed by atoms with Crippen LogP contribution < -0.4 is 15.8 Å². The first-order valence-electron chi connectivity index (χ1n) is 7.19. The minimum atomic E-state index is -0.267. The quantitative estimate of drug-likeness (QED) is 0.858. The smallest absolute Gasteiger partial charge is 0.242 e. The predicted molar refractivity (Wildman–Crippen MR) is 85.3 cm³/mol. The number of nitrogens with two attached hydrogens (primary N) is 1. The van der Waals surface area contributed by atoms with Crippen molar-refractivity contribution in [3.8, 4) is 5.88 Å². The molecule has 0 amide bonds. The zero-order chi connectivity index (χ0) is 16.1. The Balaban J connectivity index is 2.23. The predicted octanol–water partition coefficient (Wildman–Crippen LogP) is 3.02. The van der Waals surface area contributed by atoms with Crippen LogP contribution in [0.2, 0.25) is 0 Å². The number of anilines is 2. The van der Waals surface area contributed by atoms with Gasteiger partial charge < -0.3 is 15.8 Å². The van der Waals surface area contributed by atoms with Gasteiger partial charge in [0.15, 0.2) is 5.82 Å². The maximum Gasteiger partial charge on any atom is 0.242 e. The fourth-order valence-corrected chi connectivity index (χ4v) is 2.06. The molecule has 0 saturated carbocycles. The van der Waals surface area contributed by atoms with Gasteiger partial charge >= 0.3 is 0 Å². The molecule has 22 heavy (non-hydrogen) atoms. The zero-order valence-corrected chi connectivity index (χ0v) is 13.1. The molecule has 0 unspecified atom stereocenters. The summed E-state index contributed by atoms with van der Waals surface area (Å²) < 4.78 is 18.9. The van der Waals surface area contributed by atoms with E-state index in [4.69, 9.17) is 10.5 Å². The topological polar surface area (TPSA) is 73.1 Å². The fourth-order valence-electron chi connectivity index (χ4n) is 2.06. The maximum absolute atomic E-state index is 13.7. The Kier molecular flexibility index (Phi) is 5.14. The summed E-state index contributed by atoms with van der Waals surface area (Å²) in [4.78, 5) is 8.71. The lowest BCUT2D eigenvalue weighted by atomic mass is 10.1. The van der Waals surface area contributed by atoms with Gasteiger partial charge in [0.2, 0.25) is 5.88 Å². The van der Waals surface area contributed by atoms with E-state index in [1.165, 1.54) is 13.2 Å². The van der Waals surface area contributed by atoms with Crippen molar-refractivity contribution in [2.24, 2.45) is 5.92 Å². The van der Waals surface area contributed by atoms with Gasteiger partial charge in [-0.2, -0.15) is 4.98 Å². The van der Waals surface area contributed by atoms with Crippen LogP contribution in [0.4, 0.5) is 15.9 Å². The summed E-state index contributed by atoms with van der Waals surface area (Å²) in [5.74, 6) is 1.59. The highest BCUT2D eigenvalue weighted by Crippen LogP contribution is 2.27. The van der Waals surface area contributed by atoms with E-state index in [1.807, 2.05) is 0 Å². The molecule has 118 valence electrons. The number of hydrogen-bond donors (Lipinski definition) is 2. The van der Waals surface area contributed by atoms with Crippen LogP contribution in [0.5, 0.6) is 5.88 Å². The van der Waals surface area contributed by atoms with Crippen LogP contribution in [0.3, 0.4) is 0 Å². The molecule has 1 heterocycles. The molecule has 2 rings (SSSR count). The molecule has 2 aromatic rings. The molecule has 0 aliphatic heterocycles. The lowest BCUT2D eigenvalue weighted by molar-refractivity contribution is 0.396. The van der Waals surface area contributed by atoms with E-state index in [2.05, 4.69) is 29.1 Å². The van der Waals surface area contributed by atoms with Crippen molar-refractivity contribution < 1.29 is 9.13 Å². The van der Waals surface area contributed by atoms with E-state index in [1.54, 1.807) is 18.2 Å². The van der Waals surface area contributed by atoms with Gasteiger partial charge in [0.05, 0.1) is 7.11 Å². The Labute approximate surface area is 129 Å². The highest BCUT2D eigenvalue weighted by atomic mass is 19.1. The lowest BCUT2D eigenvalue weighted by Crippen LogP contribution is -2.11. The number of halogens is 1. The highest BCUT2D eigenvalue weighted by Gasteiger charge is 2.13. The number of benzene rings is 1. The SMILES string of the molecule is COc1nc(CC(C)C)nc(NCc2ccccc2F)c1N. The number of nitrogens with one attached hydrogen (secondary N) is 1. The molecular formula is C16H21FN4O. The number of methoxy groups -OCH3 is 1. The molecule has 3 N–H and O–H groups in total. The van der Waals surface area contributed by atoms with E-state index in [9.17, 15) is 4.39 Å². The van der Waals surface area contributed by atoms with Gasteiger partial charge in [-0.3, -0.25) is 0 Å². The maximum atomic E-state index is 13.7. The van der Waals surface area contributed by atoms with Crippen LogP contribution in [0.25, 0.3) is 0 Å². The van der Waals surface area contributed by atoms with Crippen molar-refractivity contribution in [2.45, 2.75) is 26.8 Å². The number of aromatic nitrogens is 2. The molecule has 0 spiro atoms. The third-order valence-electron chi connectivity index (χ3n) is 3.15. The summed E-state index contributed by atoms with van der Waals surface area (Å²) in [6.07, 6.45) is 0.713. The third kappa shape index (κ3) is 3.84. The van der Waals surface area contributed by atoms with E-state index in [-0.39, 0.29) is 12.4 Å². The van der Waals surface area contributed by atoms with Crippen molar-refractivity contribution in [1.29, 1.82) is 0 Å². The van der Waals surface area contributed by atoms with E-state index < -0.39 is 0 Å². The van der Waals surface area contributed by atoms with Crippen LogP contribution >= 0.6 is 0 Å². The normalized spacial score (nSPS) is 10.8. The van der Waals surface area contributed by atoms with Gasteiger partial charge in [-0.05, 0) is 12.0 Å². The number of rotatable bonds is 6. The molecule has 5 nitrogen and oxygen atoms in total. The van der Waals surface area contributed by atoms with Crippen LogP contribution in [-0.4, -0.2) is 17.1 Å². The summed E-state index contributed by atoms with van der Waals surface area (Å²) in [5, 5.41) is 3.06. The first-order valence-corrected chi connectivity index (χ1v) is 7.19. The van der Waals surface area contributed by atoms with Gasteiger partial charge in [0.25, 0.3) is 0 Å². The molecule has 1 aromatic heterocycles. The fraction of sp³-hybridized carbons (Fsp3) is 0.375. The summed E-state index contributed by atoms with van der Waals surface area (Å²) >= 11 is 0. The number of nitrogen functional groups attached to an aromatic ring is 1. The molecule has 0 fully saturated rings. The largest absolute Gasteiger partial charge is 0.479 e. The van der Waals surface area contributed by atoms with Crippen LogP contribution in [0.1, 0.15) is 25.2 Å². The molecule has 0 saturated heterocycles. The van der Waals surface area contributed by atoms with E-state index in [0.717, 1.165) is 0 Å². The summed E-state index contributed by atoms with van der Waals surface area (Å²) in [7, 11) is 1.51. The van der Waals surface area contributed by atoms with Gasteiger partial charge in [-0.25, -0.2) is 9.37 Å². The minimum absolute atomic E-state index is 0.267. The van der Waals surface area contributed by atoms with Crippen molar-refractivity contribution >= 4 is 11.5 Å². The first-order chi connectivity index (χ1) is 10.5. The molecule has 0 aliphatic carbocycles. The van der Waals surface area contributed by atoms with Gasteiger partial charge in [-0.15, -0.1) is 0 Å². The van der Waals surface area contributed by atoms with Crippen molar-refractivity contribution in [2.75, 3.05) is 18.2 Å². The van der Waals surface area contributed by atoms with E-state index in [0.29, 0.717) is 41.1 Å². The van der Waals surface area contributed by atoms with E-state index >= 15 is 0 Å². The molecule has 0 aliphatic rings. The monoisotopic (exact) mass is 304 g/mol. The Morgan fingerprint density at radius 1 is 1.27 bits per heavy atom. The molecule has 6 heteroatoms. The molecule has 0 radical (unpaired) electrons. The van der Waals surface area contributed by atoms with Crippen molar-refractivity contribution in [1.82, 2.24) is 9.97 Å². The van der Waals surface area contributed by atoms with Crippen LogP contribution in [-0.2, 0) is 13.0 Å². The number of ether oxygens (including phenoxy) is 1. The summed E-state index contributed by atoms with van der Waals surface area (Å²) in [6, 6.07) is 6.58.